The van der Waals surface area contributed by atoms with Gasteiger partial charge in [-0.3, -0.25) is 9.69 Å². The van der Waals surface area contributed by atoms with Crippen LogP contribution in [-0.4, -0.2) is 71.8 Å². The molecular formula is C24H31FN3O2Si. The summed E-state index contributed by atoms with van der Waals surface area (Å²) in [5.74, 6) is 0.175. The van der Waals surface area contributed by atoms with Crippen molar-refractivity contribution in [3.63, 3.8) is 0 Å². The predicted octanol–water partition coefficient (Wildman–Crippen LogP) is 2.92. The molecule has 31 heavy (non-hydrogen) atoms. The van der Waals surface area contributed by atoms with Crippen molar-refractivity contribution in [2.45, 2.75) is 38.1 Å². The van der Waals surface area contributed by atoms with Gasteiger partial charge in [-0.25, -0.2) is 4.39 Å². The van der Waals surface area contributed by atoms with Gasteiger partial charge in [0.1, 0.15) is 16.8 Å². The minimum absolute atomic E-state index is 0.156. The summed E-state index contributed by atoms with van der Waals surface area (Å²) >= 11 is 0. The van der Waals surface area contributed by atoms with Gasteiger partial charge in [-0.15, -0.1) is 0 Å². The van der Waals surface area contributed by atoms with Crippen LogP contribution in [0.3, 0.4) is 0 Å². The van der Waals surface area contributed by atoms with Crippen LogP contribution < -0.4 is 10.1 Å². The third-order valence-corrected chi connectivity index (χ3v) is 6.68. The van der Waals surface area contributed by atoms with E-state index >= 15 is 0 Å². The molecule has 1 saturated heterocycles. The zero-order chi connectivity index (χ0) is 22.8. The van der Waals surface area contributed by atoms with Crippen LogP contribution in [0.15, 0.2) is 42.5 Å². The van der Waals surface area contributed by atoms with Crippen LogP contribution in [0.4, 0.5) is 4.39 Å². The fraction of sp³-hybridized carbons (Fsp3) is 0.458. The largest absolute Gasteiger partial charge is 0.486 e. The molecule has 1 fully saturated rings. The number of nitrogens with one attached hydrogen (secondary N) is 1. The van der Waals surface area contributed by atoms with Gasteiger partial charge in [-0.05, 0) is 69.3 Å². The van der Waals surface area contributed by atoms with Gasteiger partial charge in [0.2, 0.25) is 0 Å². The Morgan fingerprint density at radius 3 is 2.48 bits per heavy atom. The monoisotopic (exact) mass is 440 g/mol. The summed E-state index contributed by atoms with van der Waals surface area (Å²) in [7, 11) is 7.63. The number of benzene rings is 2. The van der Waals surface area contributed by atoms with E-state index in [0.29, 0.717) is 41.1 Å². The molecular weight excluding hydrogens is 409 g/mol. The van der Waals surface area contributed by atoms with Crippen molar-refractivity contribution in [3.8, 4) is 5.75 Å². The molecule has 1 aliphatic heterocycles. The Morgan fingerprint density at radius 1 is 1.19 bits per heavy atom. The zero-order valence-electron chi connectivity index (χ0n) is 18.9. The molecule has 1 amide bonds. The molecule has 0 spiro atoms. The molecule has 3 atom stereocenters. The van der Waals surface area contributed by atoms with E-state index in [4.69, 9.17) is 4.74 Å². The lowest BCUT2D eigenvalue weighted by Gasteiger charge is -2.46. The number of hydrogen-bond donors (Lipinski definition) is 1. The fourth-order valence-electron chi connectivity index (χ4n) is 3.92. The van der Waals surface area contributed by atoms with E-state index in [1.54, 1.807) is 44.3 Å². The first-order valence-corrected chi connectivity index (χ1v) is 11.1. The number of amides is 1. The Hall–Kier alpha value is -2.22. The molecule has 2 aromatic carbocycles. The number of carbonyl (C=O) groups is 1. The number of carbonyl (C=O) groups excluding carboxylic acids is 1. The number of piperazine rings is 1. The third-order valence-electron chi connectivity index (χ3n) is 6.13. The smallest absolute Gasteiger partial charge is 0.251 e. The molecule has 3 rings (SSSR count). The maximum atomic E-state index is 14.5. The first kappa shape index (κ1) is 23.4. The van der Waals surface area contributed by atoms with Gasteiger partial charge in [0.25, 0.3) is 5.91 Å². The molecule has 0 bridgehead atoms. The minimum atomic E-state index is -0.951. The Bertz CT molecular complexity index is 924. The SMILES string of the molecule is CNC(=O)c1ccc(OC([Si])(CN2C[C@H](C)N(C)C[C@@H]2C)c2ccc(C)c(F)c2)cc1. The molecule has 3 radical (unpaired) electrons. The Labute approximate surface area is 188 Å². The highest BCUT2D eigenvalue weighted by Crippen LogP contribution is 2.30. The normalized spacial score (nSPS) is 22.0. The van der Waals surface area contributed by atoms with Crippen LogP contribution in [0.1, 0.15) is 35.3 Å². The average Bonchev–Trinajstić information content (AvgIpc) is 2.74. The van der Waals surface area contributed by atoms with Gasteiger partial charge >= 0.3 is 0 Å². The summed E-state index contributed by atoms with van der Waals surface area (Å²) in [5, 5.41) is 1.66. The number of nitrogens with zero attached hydrogens (tertiary/aromatic N) is 2. The van der Waals surface area contributed by atoms with Gasteiger partial charge in [-0.2, -0.15) is 0 Å². The molecule has 2 aromatic rings. The van der Waals surface area contributed by atoms with E-state index in [1.165, 1.54) is 6.07 Å². The lowest BCUT2D eigenvalue weighted by atomic mass is 10.0. The van der Waals surface area contributed by atoms with E-state index in [2.05, 4.69) is 46.3 Å². The van der Waals surface area contributed by atoms with E-state index in [0.717, 1.165) is 13.1 Å². The lowest BCUT2D eigenvalue weighted by molar-refractivity contribution is 0.0151. The van der Waals surface area contributed by atoms with Gasteiger partial charge in [0.05, 0.1) is 10.2 Å². The molecule has 5 nitrogen and oxygen atoms in total. The highest BCUT2D eigenvalue weighted by atomic mass is 28.1. The maximum absolute atomic E-state index is 14.5. The summed E-state index contributed by atoms with van der Waals surface area (Å²) in [6.07, 6.45) is 0. The van der Waals surface area contributed by atoms with Gasteiger partial charge in [-0.1, -0.05) is 12.1 Å². The van der Waals surface area contributed by atoms with E-state index in [9.17, 15) is 9.18 Å². The topological polar surface area (TPSA) is 44.8 Å². The van der Waals surface area contributed by atoms with E-state index in [-0.39, 0.29) is 11.7 Å². The molecule has 1 unspecified atom stereocenters. The highest BCUT2D eigenvalue weighted by Gasteiger charge is 2.36. The molecule has 0 aromatic heterocycles. The summed E-state index contributed by atoms with van der Waals surface area (Å²) in [6, 6.07) is 12.9. The van der Waals surface area contributed by atoms with E-state index in [1.807, 2.05) is 6.07 Å². The van der Waals surface area contributed by atoms with Crippen molar-refractivity contribution in [1.29, 1.82) is 0 Å². The van der Waals surface area contributed by atoms with Gasteiger partial charge in [0, 0.05) is 44.3 Å². The van der Waals surface area contributed by atoms with Gasteiger partial charge < -0.3 is 15.0 Å². The molecule has 0 saturated carbocycles. The lowest BCUT2D eigenvalue weighted by Crippen LogP contribution is -2.59. The molecule has 1 heterocycles. The van der Waals surface area contributed by atoms with Crippen molar-refractivity contribution in [2.75, 3.05) is 33.7 Å². The number of likely N-dealkylation sites (N-methyl/N-ethyl adjacent to an activating group) is 1. The third kappa shape index (κ3) is 5.34. The van der Waals surface area contributed by atoms with Crippen LogP contribution in [0.2, 0.25) is 0 Å². The molecule has 1 aliphatic rings. The average molecular weight is 441 g/mol. The molecule has 0 aliphatic carbocycles. The van der Waals surface area contributed by atoms with Crippen LogP contribution in [-0.2, 0) is 5.22 Å². The van der Waals surface area contributed by atoms with Crippen LogP contribution in [0.5, 0.6) is 5.75 Å². The molecule has 7 heteroatoms. The predicted molar refractivity (Wildman–Crippen MR) is 122 cm³/mol. The van der Waals surface area contributed by atoms with Crippen LogP contribution >= 0.6 is 0 Å². The first-order chi connectivity index (χ1) is 14.6. The van der Waals surface area contributed by atoms with Crippen molar-refractivity contribution in [1.82, 2.24) is 15.1 Å². The first-order valence-electron chi connectivity index (χ1n) is 10.6. The number of aryl methyl sites for hydroxylation is 1. The molecule has 1 N–H and O–H groups in total. The zero-order valence-corrected chi connectivity index (χ0v) is 19.9. The standard InChI is InChI=1S/C24H31FN3O2Si/c1-16-6-9-20(12-22(16)25)24(31,15-28-14-17(2)27(5)13-18(28)3)30-21-10-7-19(8-11-21)23(29)26-4/h6-12,17-18H,13-15H2,1-5H3,(H,26,29)/t17-,18-,24?/m0/s1. The van der Waals surface area contributed by atoms with Crippen LogP contribution in [0.25, 0.3) is 0 Å². The summed E-state index contributed by atoms with van der Waals surface area (Å²) in [6.45, 7) is 8.53. The van der Waals surface area contributed by atoms with Crippen molar-refractivity contribution >= 4 is 16.1 Å². The Morgan fingerprint density at radius 2 is 1.87 bits per heavy atom. The van der Waals surface area contributed by atoms with Crippen molar-refractivity contribution in [3.05, 3.63) is 65.0 Å². The minimum Gasteiger partial charge on any atom is -0.486 e. The second kappa shape index (κ2) is 9.50. The quantitative estimate of drug-likeness (QED) is 0.702. The summed E-state index contributed by atoms with van der Waals surface area (Å²) in [4.78, 5) is 16.6. The van der Waals surface area contributed by atoms with Crippen molar-refractivity contribution in [2.24, 2.45) is 0 Å². The fourth-order valence-corrected chi connectivity index (χ4v) is 4.40. The number of halogens is 1. The van der Waals surface area contributed by atoms with Crippen molar-refractivity contribution < 1.29 is 13.9 Å². The Kier molecular flexibility index (Phi) is 7.19. The summed E-state index contributed by atoms with van der Waals surface area (Å²) < 4.78 is 20.9. The van der Waals surface area contributed by atoms with E-state index < -0.39 is 5.22 Å². The maximum Gasteiger partial charge on any atom is 0.251 e. The van der Waals surface area contributed by atoms with Gasteiger partial charge in [0.15, 0.2) is 0 Å². The van der Waals surface area contributed by atoms with Crippen LogP contribution in [0, 0.1) is 12.7 Å². The second-order valence-corrected chi connectivity index (χ2v) is 9.37. The highest BCUT2D eigenvalue weighted by molar-refractivity contribution is 6.15. The Balaban J connectivity index is 1.92. The second-order valence-electron chi connectivity index (χ2n) is 8.56. The number of rotatable bonds is 6. The summed E-state index contributed by atoms with van der Waals surface area (Å²) in [5.41, 5.74) is 1.85. The number of hydrogen-bond acceptors (Lipinski definition) is 4. The molecule has 165 valence electrons. The number of ether oxygens (including phenoxy) is 1.